The number of nitrogens with one attached hydrogen (secondary N) is 1. The number of methoxy groups -OCH3 is 3. The van der Waals surface area contributed by atoms with Gasteiger partial charge < -0.3 is 29.4 Å². The standard InChI is InChI=1S/C14H19NO7/c1-19-10-6-9(7-11(20-2)13(10)21-3)14(18)15-4-5-22-8-12(16)17/h6-7H,4-5,8H2,1-3H3,(H,15,18)(H,16,17). The number of amides is 1. The van der Waals surface area contributed by atoms with E-state index in [1.807, 2.05) is 0 Å². The van der Waals surface area contributed by atoms with Gasteiger partial charge in [-0.05, 0) is 12.1 Å². The summed E-state index contributed by atoms with van der Waals surface area (Å²) in [5.74, 6) is -0.288. The largest absolute Gasteiger partial charge is 0.493 e. The van der Waals surface area contributed by atoms with Crippen LogP contribution in [-0.2, 0) is 9.53 Å². The van der Waals surface area contributed by atoms with Gasteiger partial charge in [0.2, 0.25) is 5.75 Å². The fraction of sp³-hybridized carbons (Fsp3) is 0.429. The number of carboxylic acids is 1. The Morgan fingerprint density at radius 3 is 2.14 bits per heavy atom. The summed E-state index contributed by atoms with van der Waals surface area (Å²) in [6.45, 7) is -0.120. The van der Waals surface area contributed by atoms with Crippen LogP contribution in [0.1, 0.15) is 10.4 Å². The highest BCUT2D eigenvalue weighted by Crippen LogP contribution is 2.38. The van der Waals surface area contributed by atoms with Gasteiger partial charge in [-0.25, -0.2) is 4.79 Å². The van der Waals surface area contributed by atoms with Gasteiger partial charge >= 0.3 is 5.97 Å². The van der Waals surface area contributed by atoms with Crippen LogP contribution in [0.4, 0.5) is 0 Å². The number of hydrogen-bond donors (Lipinski definition) is 2. The Morgan fingerprint density at radius 1 is 1.09 bits per heavy atom. The second kappa shape index (κ2) is 8.73. The number of carbonyl (C=O) groups excluding carboxylic acids is 1. The van der Waals surface area contributed by atoms with Crippen molar-refractivity contribution in [3.63, 3.8) is 0 Å². The van der Waals surface area contributed by atoms with Crippen LogP contribution in [0, 0.1) is 0 Å². The van der Waals surface area contributed by atoms with E-state index in [0.717, 1.165) is 0 Å². The van der Waals surface area contributed by atoms with Crippen LogP contribution in [0.25, 0.3) is 0 Å². The molecule has 1 aromatic carbocycles. The van der Waals surface area contributed by atoms with Crippen LogP contribution in [0.3, 0.4) is 0 Å². The van der Waals surface area contributed by atoms with E-state index in [0.29, 0.717) is 22.8 Å². The zero-order valence-corrected chi connectivity index (χ0v) is 12.7. The first-order valence-electron chi connectivity index (χ1n) is 6.41. The average molecular weight is 313 g/mol. The zero-order chi connectivity index (χ0) is 16.5. The number of aliphatic carboxylic acids is 1. The van der Waals surface area contributed by atoms with E-state index >= 15 is 0 Å². The van der Waals surface area contributed by atoms with Crippen LogP contribution in [0.5, 0.6) is 17.2 Å². The van der Waals surface area contributed by atoms with Gasteiger partial charge in [0, 0.05) is 12.1 Å². The second-order valence-electron chi connectivity index (χ2n) is 4.12. The molecule has 0 aliphatic carbocycles. The zero-order valence-electron chi connectivity index (χ0n) is 12.7. The van der Waals surface area contributed by atoms with Crippen LogP contribution in [0.15, 0.2) is 12.1 Å². The molecular formula is C14H19NO7. The van der Waals surface area contributed by atoms with Gasteiger partial charge in [-0.15, -0.1) is 0 Å². The first-order valence-corrected chi connectivity index (χ1v) is 6.41. The molecular weight excluding hydrogens is 294 g/mol. The first-order chi connectivity index (χ1) is 10.5. The van der Waals surface area contributed by atoms with E-state index in [2.05, 4.69) is 5.32 Å². The van der Waals surface area contributed by atoms with E-state index < -0.39 is 12.6 Å². The maximum absolute atomic E-state index is 12.0. The summed E-state index contributed by atoms with van der Waals surface area (Å²) >= 11 is 0. The molecule has 22 heavy (non-hydrogen) atoms. The molecule has 0 unspecified atom stereocenters. The summed E-state index contributed by atoms with van der Waals surface area (Å²) in [5.41, 5.74) is 0.327. The van der Waals surface area contributed by atoms with Gasteiger partial charge in [0.05, 0.1) is 27.9 Å². The Morgan fingerprint density at radius 2 is 1.68 bits per heavy atom. The topological polar surface area (TPSA) is 103 Å². The molecule has 0 saturated heterocycles. The molecule has 0 aliphatic rings. The SMILES string of the molecule is COc1cc(C(=O)NCCOCC(=O)O)cc(OC)c1OC. The van der Waals surface area contributed by atoms with Gasteiger partial charge in [-0.2, -0.15) is 0 Å². The Labute approximate surface area is 127 Å². The Balaban J connectivity index is 2.71. The van der Waals surface area contributed by atoms with Gasteiger partial charge in [0.25, 0.3) is 5.91 Å². The van der Waals surface area contributed by atoms with E-state index in [1.165, 1.54) is 33.5 Å². The van der Waals surface area contributed by atoms with Crippen LogP contribution in [-0.4, -0.2) is 58.1 Å². The molecule has 1 amide bonds. The van der Waals surface area contributed by atoms with Crippen LogP contribution >= 0.6 is 0 Å². The molecule has 8 heteroatoms. The van der Waals surface area contributed by atoms with Crippen molar-refractivity contribution in [2.24, 2.45) is 0 Å². The summed E-state index contributed by atoms with van der Waals surface area (Å²) in [7, 11) is 4.39. The molecule has 1 aromatic rings. The molecule has 0 aromatic heterocycles. The molecule has 0 fully saturated rings. The fourth-order valence-corrected chi connectivity index (χ4v) is 1.71. The predicted octanol–water partition coefficient (Wildman–Crippen LogP) is 0.543. The number of carboxylic acid groups (broad SMARTS) is 1. The third kappa shape index (κ3) is 4.81. The molecule has 0 aliphatic heterocycles. The minimum Gasteiger partial charge on any atom is -0.493 e. The third-order valence-corrected chi connectivity index (χ3v) is 2.68. The Bertz CT molecular complexity index is 505. The maximum atomic E-state index is 12.0. The van der Waals surface area contributed by atoms with Crippen molar-refractivity contribution in [1.82, 2.24) is 5.32 Å². The monoisotopic (exact) mass is 313 g/mol. The van der Waals surface area contributed by atoms with Gasteiger partial charge in [0.15, 0.2) is 11.5 Å². The lowest BCUT2D eigenvalue weighted by Gasteiger charge is -2.14. The average Bonchev–Trinajstić information content (AvgIpc) is 2.52. The summed E-state index contributed by atoms with van der Waals surface area (Å²) in [6.07, 6.45) is 0. The van der Waals surface area contributed by atoms with Crippen molar-refractivity contribution < 1.29 is 33.6 Å². The second-order valence-corrected chi connectivity index (χ2v) is 4.12. The molecule has 0 spiro atoms. The van der Waals surface area contributed by atoms with Crippen molar-refractivity contribution in [2.75, 3.05) is 41.1 Å². The number of carbonyl (C=O) groups is 2. The molecule has 1 rings (SSSR count). The minimum atomic E-state index is -1.06. The maximum Gasteiger partial charge on any atom is 0.329 e. The lowest BCUT2D eigenvalue weighted by molar-refractivity contribution is -0.142. The van der Waals surface area contributed by atoms with Crippen LogP contribution < -0.4 is 19.5 Å². The molecule has 0 saturated carbocycles. The first kappa shape index (κ1) is 17.6. The molecule has 0 bridgehead atoms. The summed E-state index contributed by atoms with van der Waals surface area (Å²) in [4.78, 5) is 22.3. The summed E-state index contributed by atoms with van der Waals surface area (Å²) in [6, 6.07) is 3.05. The quantitative estimate of drug-likeness (QED) is 0.641. The van der Waals surface area contributed by atoms with E-state index in [1.54, 1.807) is 0 Å². The fourth-order valence-electron chi connectivity index (χ4n) is 1.71. The van der Waals surface area contributed by atoms with Crippen molar-refractivity contribution in [1.29, 1.82) is 0 Å². The van der Waals surface area contributed by atoms with Crippen LogP contribution in [0.2, 0.25) is 0 Å². The normalized spacial score (nSPS) is 9.95. The van der Waals surface area contributed by atoms with Gasteiger partial charge in [0.1, 0.15) is 6.61 Å². The van der Waals surface area contributed by atoms with E-state index in [9.17, 15) is 9.59 Å². The van der Waals surface area contributed by atoms with Gasteiger partial charge in [-0.3, -0.25) is 4.79 Å². The highest BCUT2D eigenvalue weighted by molar-refractivity contribution is 5.95. The van der Waals surface area contributed by atoms with E-state index in [-0.39, 0.29) is 19.1 Å². The highest BCUT2D eigenvalue weighted by Gasteiger charge is 2.16. The highest BCUT2D eigenvalue weighted by atomic mass is 16.5. The number of ether oxygens (including phenoxy) is 4. The van der Waals surface area contributed by atoms with E-state index in [4.69, 9.17) is 24.1 Å². The molecule has 8 nitrogen and oxygen atoms in total. The molecule has 0 atom stereocenters. The minimum absolute atomic E-state index is 0.0997. The molecule has 122 valence electrons. The van der Waals surface area contributed by atoms with Gasteiger partial charge in [-0.1, -0.05) is 0 Å². The summed E-state index contributed by atoms with van der Waals surface area (Å²) in [5, 5.41) is 11.0. The van der Waals surface area contributed by atoms with Crippen molar-refractivity contribution in [3.05, 3.63) is 17.7 Å². The molecule has 0 radical (unpaired) electrons. The van der Waals surface area contributed by atoms with Crippen molar-refractivity contribution >= 4 is 11.9 Å². The molecule has 2 N–H and O–H groups in total. The van der Waals surface area contributed by atoms with Crippen molar-refractivity contribution in [2.45, 2.75) is 0 Å². The Kier molecular flexibility index (Phi) is 6.97. The number of hydrogen-bond acceptors (Lipinski definition) is 6. The smallest absolute Gasteiger partial charge is 0.329 e. The van der Waals surface area contributed by atoms with Crippen molar-refractivity contribution in [3.8, 4) is 17.2 Å². The third-order valence-electron chi connectivity index (χ3n) is 2.68. The summed E-state index contributed by atoms with van der Waals surface area (Å²) < 4.78 is 20.3. The number of rotatable bonds is 9. The predicted molar refractivity (Wildman–Crippen MR) is 76.9 cm³/mol. The number of benzene rings is 1. The lowest BCUT2D eigenvalue weighted by atomic mass is 10.1. The Hall–Kier alpha value is -2.48. The lowest BCUT2D eigenvalue weighted by Crippen LogP contribution is -2.28. The molecule has 0 heterocycles.